The van der Waals surface area contributed by atoms with Crippen LogP contribution in [0.15, 0.2) is 30.5 Å². The van der Waals surface area contributed by atoms with E-state index < -0.39 is 29.6 Å². The largest absolute Gasteiger partial charge is 0.451 e. The molecule has 1 aromatic carbocycles. The molecular weight excluding hydrogens is 398 g/mol. The van der Waals surface area contributed by atoms with Gasteiger partial charge in [0, 0.05) is 26.0 Å². The molecule has 0 spiro atoms. The maximum Gasteiger partial charge on any atom is 0.451 e. The summed E-state index contributed by atoms with van der Waals surface area (Å²) < 4.78 is 82.0. The summed E-state index contributed by atoms with van der Waals surface area (Å²) in [6.45, 7) is 0. The molecule has 0 saturated carbocycles. The lowest BCUT2D eigenvalue weighted by Gasteiger charge is -2.16. The fourth-order valence-electron chi connectivity index (χ4n) is 1.73. The lowest BCUT2D eigenvalue weighted by molar-refractivity contribution is -0.148. The van der Waals surface area contributed by atoms with Crippen LogP contribution in [0.2, 0.25) is 0 Å². The van der Waals surface area contributed by atoms with Crippen molar-refractivity contribution >= 4 is 23.0 Å². The number of rotatable bonds is 3. The van der Waals surface area contributed by atoms with E-state index in [1.807, 2.05) is 0 Å². The number of thiocarbonyl (C=S) groups is 1. The van der Waals surface area contributed by atoms with Gasteiger partial charge in [0.15, 0.2) is 5.11 Å². The van der Waals surface area contributed by atoms with Gasteiger partial charge in [0.25, 0.3) is 0 Å². The van der Waals surface area contributed by atoms with E-state index in [-0.39, 0.29) is 11.9 Å². The summed E-state index contributed by atoms with van der Waals surface area (Å²) in [5.74, 6) is -3.12. The Morgan fingerprint density at radius 1 is 1.04 bits per heavy atom. The number of hydrogen-bond acceptors (Lipinski definition) is 4. The van der Waals surface area contributed by atoms with Gasteiger partial charge in [-0.2, -0.15) is 31.3 Å². The monoisotopic (exact) mass is 410 g/mol. The van der Waals surface area contributed by atoms with Gasteiger partial charge in [-0.3, -0.25) is 0 Å². The molecule has 146 valence electrons. The van der Waals surface area contributed by atoms with Gasteiger partial charge >= 0.3 is 12.4 Å². The van der Waals surface area contributed by atoms with Crippen molar-refractivity contribution in [2.45, 2.75) is 12.4 Å². The van der Waals surface area contributed by atoms with Gasteiger partial charge in [-0.15, -0.1) is 0 Å². The molecule has 0 aliphatic rings. The zero-order valence-electron chi connectivity index (χ0n) is 13.8. The second kappa shape index (κ2) is 7.55. The summed E-state index contributed by atoms with van der Waals surface area (Å²) in [7, 11) is 3.41. The number of nitrogens with one attached hydrogen (secondary N) is 1. The number of aromatic nitrogens is 2. The number of ether oxygens (including phenoxy) is 1. The maximum atomic E-state index is 13.0. The standard InChI is InChI=1S/C15H12F6N4OS/c1-25(2)13(27)23-8-3-5-9(6-4-8)26-11-10(14(16,17)18)7-22-12(24-11)15(19,20)21/h3-7H,1-2H3,(H,23,27). The van der Waals surface area contributed by atoms with E-state index in [4.69, 9.17) is 17.0 Å². The lowest BCUT2D eigenvalue weighted by atomic mass is 10.3. The molecule has 0 fully saturated rings. The third kappa shape index (κ3) is 5.42. The number of hydrogen-bond donors (Lipinski definition) is 1. The first-order valence-corrected chi connectivity index (χ1v) is 7.56. The highest BCUT2D eigenvalue weighted by Gasteiger charge is 2.40. The zero-order chi connectivity index (χ0) is 20.4. The van der Waals surface area contributed by atoms with Gasteiger partial charge in [0.1, 0.15) is 11.3 Å². The molecule has 1 heterocycles. The Morgan fingerprint density at radius 3 is 2.11 bits per heavy atom. The fourth-order valence-corrected chi connectivity index (χ4v) is 1.85. The summed E-state index contributed by atoms with van der Waals surface area (Å²) in [5, 5.41) is 3.23. The van der Waals surface area contributed by atoms with Crippen LogP contribution in [0.25, 0.3) is 0 Å². The first-order valence-electron chi connectivity index (χ1n) is 7.15. The molecule has 0 saturated heterocycles. The van der Waals surface area contributed by atoms with E-state index in [2.05, 4.69) is 15.3 Å². The predicted molar refractivity (Wildman–Crippen MR) is 88.5 cm³/mol. The fraction of sp³-hybridized carbons (Fsp3) is 0.267. The van der Waals surface area contributed by atoms with Crippen molar-refractivity contribution in [3.05, 3.63) is 41.9 Å². The zero-order valence-corrected chi connectivity index (χ0v) is 14.6. The molecule has 27 heavy (non-hydrogen) atoms. The van der Waals surface area contributed by atoms with E-state index in [9.17, 15) is 26.3 Å². The van der Waals surface area contributed by atoms with Crippen LogP contribution in [0.3, 0.4) is 0 Å². The van der Waals surface area contributed by atoms with Crippen molar-refractivity contribution in [2.75, 3.05) is 19.4 Å². The highest BCUT2D eigenvalue weighted by molar-refractivity contribution is 7.80. The average Bonchev–Trinajstić information content (AvgIpc) is 2.54. The molecule has 2 aromatic rings. The molecule has 0 atom stereocenters. The molecule has 5 nitrogen and oxygen atoms in total. The van der Waals surface area contributed by atoms with E-state index in [1.165, 1.54) is 24.3 Å². The van der Waals surface area contributed by atoms with Crippen LogP contribution < -0.4 is 10.1 Å². The summed E-state index contributed by atoms with van der Waals surface area (Å²) >= 11 is 5.04. The van der Waals surface area contributed by atoms with Gasteiger partial charge in [0.2, 0.25) is 11.7 Å². The van der Waals surface area contributed by atoms with Crippen molar-refractivity contribution in [1.82, 2.24) is 14.9 Å². The third-order valence-electron chi connectivity index (χ3n) is 3.04. The summed E-state index contributed by atoms with van der Waals surface area (Å²) in [6, 6.07) is 5.39. The second-order valence-corrected chi connectivity index (χ2v) is 5.75. The van der Waals surface area contributed by atoms with Crippen molar-refractivity contribution in [1.29, 1.82) is 0 Å². The first kappa shape index (κ1) is 20.7. The Bertz CT molecular complexity index is 821. The molecule has 1 aromatic heterocycles. The lowest BCUT2D eigenvalue weighted by Crippen LogP contribution is -2.26. The van der Waals surface area contributed by atoms with E-state index in [1.54, 1.807) is 19.0 Å². The minimum Gasteiger partial charge on any atom is -0.438 e. The van der Waals surface area contributed by atoms with Crippen molar-refractivity contribution in [3.63, 3.8) is 0 Å². The Balaban J connectivity index is 2.31. The van der Waals surface area contributed by atoms with Crippen molar-refractivity contribution in [2.24, 2.45) is 0 Å². The van der Waals surface area contributed by atoms with Crippen molar-refractivity contribution < 1.29 is 31.1 Å². The van der Waals surface area contributed by atoms with Crippen LogP contribution in [0.5, 0.6) is 11.6 Å². The molecule has 0 bridgehead atoms. The quantitative estimate of drug-likeness (QED) is 0.591. The Kier molecular flexibility index (Phi) is 5.78. The first-order chi connectivity index (χ1) is 12.4. The highest BCUT2D eigenvalue weighted by atomic mass is 32.1. The maximum absolute atomic E-state index is 13.0. The number of nitrogens with zero attached hydrogens (tertiary/aromatic N) is 3. The van der Waals surface area contributed by atoms with Crippen LogP contribution in [-0.4, -0.2) is 34.1 Å². The minimum atomic E-state index is -5.02. The molecule has 0 aliphatic carbocycles. The average molecular weight is 410 g/mol. The van der Waals surface area contributed by atoms with E-state index in [0.717, 1.165) is 0 Å². The van der Waals surface area contributed by atoms with Gasteiger partial charge in [-0.25, -0.2) is 4.98 Å². The molecule has 12 heteroatoms. The van der Waals surface area contributed by atoms with E-state index in [0.29, 0.717) is 10.8 Å². The van der Waals surface area contributed by atoms with Crippen LogP contribution in [0, 0.1) is 0 Å². The normalized spacial score (nSPS) is 11.9. The van der Waals surface area contributed by atoms with Crippen LogP contribution >= 0.6 is 12.2 Å². The van der Waals surface area contributed by atoms with Gasteiger partial charge in [-0.1, -0.05) is 0 Å². The Hall–Kier alpha value is -2.63. The second-order valence-electron chi connectivity index (χ2n) is 5.36. The molecule has 0 amide bonds. The van der Waals surface area contributed by atoms with Crippen LogP contribution in [0.4, 0.5) is 32.0 Å². The molecular formula is C15H12F6N4OS. The summed E-state index contributed by atoms with van der Waals surface area (Å²) in [5.41, 5.74) is -1.01. The number of anilines is 1. The topological polar surface area (TPSA) is 50.3 Å². The summed E-state index contributed by atoms with van der Waals surface area (Å²) in [6.07, 6.45) is -9.96. The summed E-state index contributed by atoms with van der Waals surface area (Å²) in [4.78, 5) is 7.22. The molecule has 0 unspecified atom stereocenters. The van der Waals surface area contributed by atoms with Gasteiger partial charge < -0.3 is 15.0 Å². The number of alkyl halides is 6. The van der Waals surface area contributed by atoms with Crippen LogP contribution in [0.1, 0.15) is 11.4 Å². The molecule has 0 aliphatic heterocycles. The van der Waals surface area contributed by atoms with E-state index >= 15 is 0 Å². The minimum absolute atomic E-state index is 0.0383. The van der Waals surface area contributed by atoms with Gasteiger partial charge in [-0.05, 0) is 36.5 Å². The van der Waals surface area contributed by atoms with Crippen LogP contribution in [-0.2, 0) is 12.4 Å². The predicted octanol–water partition coefficient (Wildman–Crippen LogP) is 4.56. The number of halogens is 6. The molecule has 0 radical (unpaired) electrons. The SMILES string of the molecule is CN(C)C(=S)Nc1ccc(Oc2nc(C(F)(F)F)ncc2C(F)(F)F)cc1. The Morgan fingerprint density at radius 2 is 1.63 bits per heavy atom. The van der Waals surface area contributed by atoms with Crippen molar-refractivity contribution in [3.8, 4) is 11.6 Å². The van der Waals surface area contributed by atoms with Gasteiger partial charge in [0.05, 0.1) is 0 Å². The smallest absolute Gasteiger partial charge is 0.438 e. The third-order valence-corrected chi connectivity index (χ3v) is 3.51. The molecule has 2 rings (SSSR count). The highest BCUT2D eigenvalue weighted by Crippen LogP contribution is 2.38. The Labute approximate surface area is 155 Å². The molecule has 1 N–H and O–H groups in total. The number of benzene rings is 1.